The lowest BCUT2D eigenvalue weighted by atomic mass is 9.77. The molecule has 0 saturated carbocycles. The highest BCUT2D eigenvalue weighted by molar-refractivity contribution is 6.90. The zero-order valence-corrected chi connectivity index (χ0v) is 38.0. The minimum atomic E-state index is -2.14. The van der Waals surface area contributed by atoms with E-state index in [2.05, 4.69) is 160 Å². The number of hydrogen-bond acceptors (Lipinski definition) is 2. The van der Waals surface area contributed by atoms with Crippen LogP contribution in [0.3, 0.4) is 0 Å². The van der Waals surface area contributed by atoms with Gasteiger partial charge in [0.05, 0.1) is 0 Å². The van der Waals surface area contributed by atoms with Gasteiger partial charge in [-0.1, -0.05) is 108 Å². The second-order valence-electron chi connectivity index (χ2n) is 18.9. The maximum Gasteiger partial charge on any atom is 0.198 e. The van der Waals surface area contributed by atoms with Crippen molar-refractivity contribution in [2.75, 3.05) is 0 Å². The maximum absolute atomic E-state index is 7.45. The van der Waals surface area contributed by atoms with Gasteiger partial charge in [-0.15, -0.1) is 0 Å². The van der Waals surface area contributed by atoms with Crippen molar-refractivity contribution < 1.29 is 8.23 Å². The largest absolute Gasteiger partial charge is 0.452 e. The quantitative estimate of drug-likeness (QED) is 0.133. The van der Waals surface area contributed by atoms with E-state index in [-0.39, 0.29) is 0 Å². The summed E-state index contributed by atoms with van der Waals surface area (Å²) in [5.41, 5.74) is 25.4. The van der Waals surface area contributed by atoms with E-state index >= 15 is 0 Å². The Balaban J connectivity index is 0.997. The molecular formula is C48H60O2Si4. The van der Waals surface area contributed by atoms with Gasteiger partial charge in [0.1, 0.15) is 0 Å². The number of benzene rings is 4. The van der Waals surface area contributed by atoms with Crippen LogP contribution in [0, 0.1) is 0 Å². The Hall–Kier alpha value is -3.11. The molecule has 2 nitrogen and oxygen atoms in total. The Bertz CT molecular complexity index is 2170. The fraction of sp³-hybridized carbons (Fsp3) is 0.375. The Morgan fingerprint density at radius 2 is 0.833 bits per heavy atom. The van der Waals surface area contributed by atoms with Crippen molar-refractivity contribution >= 4 is 51.5 Å². The summed E-state index contributed by atoms with van der Waals surface area (Å²) in [6.07, 6.45) is 16.5. The Morgan fingerprint density at radius 3 is 1.28 bits per heavy atom. The van der Waals surface area contributed by atoms with Crippen LogP contribution in [-0.2, 0) is 59.6 Å². The number of rotatable bonds is 12. The third kappa shape index (κ3) is 8.35. The van der Waals surface area contributed by atoms with Crippen LogP contribution < -0.4 is 0 Å². The summed E-state index contributed by atoms with van der Waals surface area (Å²) in [5, 5.41) is 0. The molecule has 0 bridgehead atoms. The molecule has 4 aromatic rings. The highest BCUT2D eigenvalue weighted by atomic mass is 28.4. The summed E-state index contributed by atoms with van der Waals surface area (Å²) in [5.74, 6) is 0.472. The van der Waals surface area contributed by atoms with Crippen LogP contribution in [0.5, 0.6) is 0 Å². The molecule has 0 aliphatic heterocycles. The molecular weight excluding hydrogens is 721 g/mol. The summed E-state index contributed by atoms with van der Waals surface area (Å²) in [6.45, 7) is 19.2. The van der Waals surface area contributed by atoms with E-state index in [1.165, 1.54) is 94.2 Å². The Labute approximate surface area is 330 Å². The number of fused-ring (bicyclic) bond motifs is 4. The van der Waals surface area contributed by atoms with Gasteiger partial charge >= 0.3 is 0 Å². The van der Waals surface area contributed by atoms with Gasteiger partial charge < -0.3 is 8.23 Å². The van der Waals surface area contributed by atoms with Gasteiger partial charge in [-0.25, -0.2) is 0 Å². The van der Waals surface area contributed by atoms with Crippen LogP contribution >= 0.6 is 0 Å². The van der Waals surface area contributed by atoms with Crippen LogP contribution in [0.15, 0.2) is 89.9 Å². The average molecular weight is 781 g/mol. The molecule has 2 atom stereocenters. The van der Waals surface area contributed by atoms with Crippen LogP contribution in [0.2, 0.25) is 57.9 Å². The van der Waals surface area contributed by atoms with E-state index in [0.29, 0.717) is 11.5 Å². The highest BCUT2D eigenvalue weighted by Gasteiger charge is 2.45. The van der Waals surface area contributed by atoms with Crippen molar-refractivity contribution in [1.82, 2.24) is 0 Å². The fourth-order valence-corrected chi connectivity index (χ4v) is 25.5. The first kappa shape index (κ1) is 37.8. The lowest BCUT2D eigenvalue weighted by molar-refractivity contribution is 0.472. The summed E-state index contributed by atoms with van der Waals surface area (Å²) < 4.78 is 14.4. The van der Waals surface area contributed by atoms with E-state index in [1.807, 2.05) is 0 Å². The zero-order valence-electron chi connectivity index (χ0n) is 34.0. The summed E-state index contributed by atoms with van der Waals surface area (Å²) >= 11 is 0. The molecule has 0 radical (unpaired) electrons. The average Bonchev–Trinajstić information content (AvgIpc) is 3.06. The lowest BCUT2D eigenvalue weighted by Gasteiger charge is -2.45. The van der Waals surface area contributed by atoms with Crippen molar-refractivity contribution in [2.24, 2.45) is 0 Å². The molecule has 4 aliphatic carbocycles. The van der Waals surface area contributed by atoms with Crippen LogP contribution in [0.25, 0.3) is 18.2 Å². The number of hydrogen-bond donors (Lipinski definition) is 0. The van der Waals surface area contributed by atoms with Crippen molar-refractivity contribution in [3.05, 3.63) is 157 Å². The molecule has 0 amide bonds. The number of aryl methyl sites for hydroxylation is 6. The molecule has 4 aliphatic rings. The van der Waals surface area contributed by atoms with Gasteiger partial charge in [0.15, 0.2) is 33.3 Å². The van der Waals surface area contributed by atoms with Gasteiger partial charge in [-0.3, -0.25) is 0 Å². The van der Waals surface area contributed by atoms with Gasteiger partial charge in [0, 0.05) is 0 Å². The predicted molar refractivity (Wildman–Crippen MR) is 241 cm³/mol. The molecule has 0 spiro atoms. The maximum atomic E-state index is 7.45. The first-order valence-corrected chi connectivity index (χ1v) is 32.5. The highest BCUT2D eigenvalue weighted by Crippen LogP contribution is 2.48. The smallest absolute Gasteiger partial charge is 0.198 e. The SMILES string of the molecule is C[Si](C)(/C=C/c1ccc2c(c1)CC2)O[Si](C)(C)/C=C/c1ccc2c(c1)CC(c1ccc3c(c1)CC3)C([Si](C)(C)O[Si](C)(C)/C=C/c1ccc3c(c1)CC3)C2. The zero-order chi connectivity index (χ0) is 37.9. The van der Waals surface area contributed by atoms with Crippen molar-refractivity contribution in [1.29, 1.82) is 0 Å². The third-order valence-electron chi connectivity index (χ3n) is 12.7. The predicted octanol–water partition coefficient (Wildman–Crippen LogP) is 12.1. The van der Waals surface area contributed by atoms with Crippen molar-refractivity contribution in [3.8, 4) is 0 Å². The molecule has 2 unspecified atom stereocenters. The summed E-state index contributed by atoms with van der Waals surface area (Å²) in [4.78, 5) is 0. The first-order chi connectivity index (χ1) is 25.6. The van der Waals surface area contributed by atoms with E-state index in [0.717, 1.165) is 12.8 Å². The minimum Gasteiger partial charge on any atom is -0.452 e. The Kier molecular flexibility index (Phi) is 10.1. The molecule has 0 N–H and O–H groups in total. The van der Waals surface area contributed by atoms with Gasteiger partial charge in [0.25, 0.3) is 0 Å². The topological polar surface area (TPSA) is 18.5 Å². The Morgan fingerprint density at radius 1 is 0.426 bits per heavy atom. The van der Waals surface area contributed by atoms with E-state index in [9.17, 15) is 0 Å². The normalized spacial score (nSPS) is 19.6. The van der Waals surface area contributed by atoms with E-state index in [1.54, 1.807) is 11.1 Å². The lowest BCUT2D eigenvalue weighted by Crippen LogP contribution is -2.49. The molecule has 8 rings (SSSR count). The van der Waals surface area contributed by atoms with Crippen LogP contribution in [0.1, 0.15) is 72.7 Å². The molecule has 54 heavy (non-hydrogen) atoms. The van der Waals surface area contributed by atoms with Crippen molar-refractivity contribution in [2.45, 2.75) is 115 Å². The second-order valence-corrected chi connectivity index (χ2v) is 35.1. The minimum absolute atomic E-state index is 0.472. The van der Waals surface area contributed by atoms with Crippen molar-refractivity contribution in [3.63, 3.8) is 0 Å². The molecule has 0 saturated heterocycles. The van der Waals surface area contributed by atoms with E-state index in [4.69, 9.17) is 8.23 Å². The molecule has 280 valence electrons. The molecule has 0 aromatic heterocycles. The molecule has 0 heterocycles. The second kappa shape index (κ2) is 14.4. The summed E-state index contributed by atoms with van der Waals surface area (Å²) in [6, 6.07) is 28.6. The first-order valence-electron chi connectivity index (χ1n) is 20.6. The monoisotopic (exact) mass is 780 g/mol. The third-order valence-corrected chi connectivity index (χ3v) is 26.4. The van der Waals surface area contributed by atoms with Gasteiger partial charge in [-0.05, 0) is 182 Å². The molecule has 4 aromatic carbocycles. The molecule has 0 fully saturated rings. The van der Waals surface area contributed by atoms with Gasteiger partial charge in [-0.2, -0.15) is 0 Å². The molecule has 6 heteroatoms. The van der Waals surface area contributed by atoms with E-state index < -0.39 is 33.3 Å². The fourth-order valence-electron chi connectivity index (χ4n) is 9.48. The summed E-state index contributed by atoms with van der Waals surface area (Å²) in [7, 11) is -8.24. The van der Waals surface area contributed by atoms with Gasteiger partial charge in [0.2, 0.25) is 0 Å². The standard InChI is InChI=1S/C48H60O2Si4/c1-51(2,26-23-35-9-12-38-15-19-41(38)29-35)49-52(3,4)27-24-37-11-14-44-34-48(47(33-46(44)31-37)45-22-18-40-17-21-43(40)32-45)54(7,8)50-53(5,6)28-25-36-10-13-39-16-20-42(39)30-36/h9-14,18,22-32,47-48H,15-17,19-21,33-34H2,1-8H3/b26-23+,27-24+,28-25+. The van der Waals surface area contributed by atoms with Crippen LogP contribution in [-0.4, -0.2) is 33.3 Å². The van der Waals surface area contributed by atoms with Crippen LogP contribution in [0.4, 0.5) is 0 Å².